The van der Waals surface area contributed by atoms with Crippen molar-refractivity contribution in [3.63, 3.8) is 0 Å². The number of H-pyrrole nitrogens is 1. The van der Waals surface area contributed by atoms with E-state index < -0.39 is 6.10 Å². The topological polar surface area (TPSA) is 79.4 Å². The van der Waals surface area contributed by atoms with Crippen LogP contribution in [-0.4, -0.2) is 28.8 Å². The maximum atomic E-state index is 12.1. The maximum absolute atomic E-state index is 12.1. The zero-order valence-corrected chi connectivity index (χ0v) is 9.83. The van der Waals surface area contributed by atoms with Crippen molar-refractivity contribution in [2.24, 2.45) is 0 Å². The number of hydrogen-bond donors (Lipinski definition) is 2. The number of methoxy groups -OCH3 is 1. The molecule has 2 N–H and O–H groups in total. The van der Waals surface area contributed by atoms with Gasteiger partial charge in [0, 0.05) is 17.3 Å². The van der Waals surface area contributed by atoms with E-state index in [4.69, 9.17) is 4.74 Å². The predicted molar refractivity (Wildman–Crippen MR) is 59.9 cm³/mol. The highest BCUT2D eigenvalue weighted by molar-refractivity contribution is 6.23. The van der Waals surface area contributed by atoms with Crippen LogP contribution in [0.3, 0.4) is 0 Å². The Kier molecular flexibility index (Phi) is 2.63. The summed E-state index contributed by atoms with van der Waals surface area (Å²) in [5.41, 5.74) is 1.53. The van der Waals surface area contributed by atoms with Crippen molar-refractivity contribution in [1.29, 1.82) is 0 Å². The number of aliphatic hydroxyl groups is 1. The zero-order chi connectivity index (χ0) is 12.7. The molecule has 0 fully saturated rings. The number of ketones is 2. The Morgan fingerprint density at radius 2 is 2.06 bits per heavy atom. The Hall–Kier alpha value is -1.88. The van der Waals surface area contributed by atoms with Crippen LogP contribution in [0.25, 0.3) is 0 Å². The first-order valence-corrected chi connectivity index (χ1v) is 5.22. The van der Waals surface area contributed by atoms with Crippen LogP contribution in [-0.2, 0) is 4.74 Å². The molecule has 0 spiro atoms. The van der Waals surface area contributed by atoms with Crippen LogP contribution in [0.2, 0.25) is 0 Å². The Bertz CT molecular complexity index is 537. The summed E-state index contributed by atoms with van der Waals surface area (Å²) in [6, 6.07) is 0. The lowest BCUT2D eigenvalue weighted by molar-refractivity contribution is 0.0911. The Morgan fingerprint density at radius 1 is 1.41 bits per heavy atom. The number of carbonyl (C=O) groups excluding carboxylic acids is 2. The molecule has 0 radical (unpaired) electrons. The van der Waals surface area contributed by atoms with Crippen molar-refractivity contribution in [3.8, 4) is 0 Å². The van der Waals surface area contributed by atoms with E-state index in [2.05, 4.69) is 4.98 Å². The highest BCUT2D eigenvalue weighted by Crippen LogP contribution is 2.30. The summed E-state index contributed by atoms with van der Waals surface area (Å²) in [6.45, 7) is 3.27. The molecule has 1 heterocycles. The zero-order valence-electron chi connectivity index (χ0n) is 9.83. The van der Waals surface area contributed by atoms with Gasteiger partial charge in [-0.1, -0.05) is 0 Å². The molecule has 1 aliphatic rings. The molecule has 0 amide bonds. The Balaban J connectivity index is 2.69. The molecule has 0 saturated heterocycles. The van der Waals surface area contributed by atoms with Crippen LogP contribution in [0.1, 0.15) is 45.1 Å². The van der Waals surface area contributed by atoms with E-state index in [1.807, 2.05) is 0 Å². The molecule has 0 aromatic carbocycles. The van der Waals surface area contributed by atoms with Crippen LogP contribution in [0.5, 0.6) is 0 Å². The number of aryl methyl sites for hydroxylation is 1. The van der Waals surface area contributed by atoms with Crippen molar-refractivity contribution in [1.82, 2.24) is 4.98 Å². The van der Waals surface area contributed by atoms with Crippen LogP contribution in [0, 0.1) is 6.92 Å². The Morgan fingerprint density at radius 3 is 2.59 bits per heavy atom. The van der Waals surface area contributed by atoms with Crippen molar-refractivity contribution in [2.75, 3.05) is 7.11 Å². The summed E-state index contributed by atoms with van der Waals surface area (Å²) in [5, 5.41) is 9.67. The molecule has 5 heteroatoms. The highest BCUT2D eigenvalue weighted by Gasteiger charge is 2.33. The van der Waals surface area contributed by atoms with Gasteiger partial charge in [0.15, 0.2) is 5.76 Å². The summed E-state index contributed by atoms with van der Waals surface area (Å²) in [7, 11) is 1.34. The SMILES string of the molecule is COC1=CC(=O)c2[nH]c(C)c(C(C)O)c2C1=O. The van der Waals surface area contributed by atoms with Crippen LogP contribution >= 0.6 is 0 Å². The molecule has 1 unspecified atom stereocenters. The van der Waals surface area contributed by atoms with E-state index in [1.54, 1.807) is 13.8 Å². The summed E-state index contributed by atoms with van der Waals surface area (Å²) < 4.78 is 4.87. The summed E-state index contributed by atoms with van der Waals surface area (Å²) in [6.07, 6.45) is 0.342. The average Bonchev–Trinajstić information content (AvgIpc) is 2.61. The van der Waals surface area contributed by atoms with Crippen molar-refractivity contribution in [2.45, 2.75) is 20.0 Å². The number of aromatic amines is 1. The molecular weight excluding hydrogens is 222 g/mol. The van der Waals surface area contributed by atoms with Crippen LogP contribution in [0.4, 0.5) is 0 Å². The second-order valence-corrected chi connectivity index (χ2v) is 4.00. The van der Waals surface area contributed by atoms with Gasteiger partial charge in [0.2, 0.25) is 11.6 Å². The third-order valence-corrected chi connectivity index (χ3v) is 2.83. The number of hydrogen-bond acceptors (Lipinski definition) is 4. The maximum Gasteiger partial charge on any atom is 0.230 e. The fourth-order valence-corrected chi connectivity index (χ4v) is 2.11. The lowest BCUT2D eigenvalue weighted by atomic mass is 9.94. The minimum absolute atomic E-state index is 0.00315. The smallest absolute Gasteiger partial charge is 0.230 e. The quantitative estimate of drug-likeness (QED) is 0.809. The van der Waals surface area contributed by atoms with Gasteiger partial charge in [0.1, 0.15) is 0 Å². The van der Waals surface area contributed by atoms with Gasteiger partial charge in [-0.15, -0.1) is 0 Å². The van der Waals surface area contributed by atoms with E-state index in [1.165, 1.54) is 7.11 Å². The molecule has 0 saturated carbocycles. The molecule has 17 heavy (non-hydrogen) atoms. The van der Waals surface area contributed by atoms with E-state index in [-0.39, 0.29) is 28.6 Å². The average molecular weight is 235 g/mol. The van der Waals surface area contributed by atoms with E-state index in [9.17, 15) is 14.7 Å². The van der Waals surface area contributed by atoms with Gasteiger partial charge < -0.3 is 14.8 Å². The van der Waals surface area contributed by atoms with E-state index in [0.717, 1.165) is 6.08 Å². The molecule has 5 nitrogen and oxygen atoms in total. The lowest BCUT2D eigenvalue weighted by Gasteiger charge is -2.13. The molecule has 1 aromatic heterocycles. The minimum atomic E-state index is -0.817. The van der Waals surface area contributed by atoms with Crippen LogP contribution < -0.4 is 0 Å². The first-order chi connectivity index (χ1) is 7.97. The van der Waals surface area contributed by atoms with Crippen molar-refractivity contribution >= 4 is 11.6 Å². The third kappa shape index (κ3) is 1.59. The predicted octanol–water partition coefficient (Wildman–Crippen LogP) is 1.29. The van der Waals surface area contributed by atoms with Gasteiger partial charge in [-0.05, 0) is 13.8 Å². The number of allylic oxidation sites excluding steroid dienone is 2. The van der Waals surface area contributed by atoms with Gasteiger partial charge >= 0.3 is 0 Å². The first-order valence-electron chi connectivity index (χ1n) is 5.22. The standard InChI is InChI=1S/C12H13NO4/c1-5-9(6(2)14)10-11(13-5)7(15)4-8(17-3)12(10)16/h4,6,13-14H,1-3H3. The highest BCUT2D eigenvalue weighted by atomic mass is 16.5. The molecule has 2 rings (SSSR count). The summed E-state index contributed by atoms with van der Waals surface area (Å²) >= 11 is 0. The number of carbonyl (C=O) groups is 2. The number of rotatable bonds is 2. The second-order valence-electron chi connectivity index (χ2n) is 4.00. The summed E-state index contributed by atoms with van der Waals surface area (Å²) in [4.78, 5) is 26.7. The monoisotopic (exact) mass is 235 g/mol. The second kappa shape index (κ2) is 3.85. The molecule has 1 atom stereocenters. The molecule has 0 aliphatic heterocycles. The van der Waals surface area contributed by atoms with Crippen molar-refractivity contribution < 1.29 is 19.4 Å². The van der Waals surface area contributed by atoms with Gasteiger partial charge in [0.25, 0.3) is 0 Å². The van der Waals surface area contributed by atoms with Gasteiger partial charge in [0.05, 0.1) is 24.5 Å². The normalized spacial score (nSPS) is 16.6. The van der Waals surface area contributed by atoms with Crippen LogP contribution in [0.15, 0.2) is 11.8 Å². The first kappa shape index (κ1) is 11.6. The number of fused-ring (bicyclic) bond motifs is 1. The minimum Gasteiger partial charge on any atom is -0.492 e. The number of Topliss-reactive ketones (excluding diaryl/α,β-unsaturated/α-hetero) is 1. The lowest BCUT2D eigenvalue weighted by Crippen LogP contribution is -2.18. The van der Waals surface area contributed by atoms with Gasteiger partial charge in [-0.2, -0.15) is 0 Å². The number of nitrogens with one attached hydrogen (secondary N) is 1. The molecular formula is C12H13NO4. The fraction of sp³-hybridized carbons (Fsp3) is 0.333. The summed E-state index contributed by atoms with van der Waals surface area (Å²) in [5.74, 6) is -0.683. The number of aliphatic hydroxyl groups excluding tert-OH is 1. The molecule has 90 valence electrons. The largest absolute Gasteiger partial charge is 0.492 e. The fourth-order valence-electron chi connectivity index (χ4n) is 2.11. The van der Waals surface area contributed by atoms with Crippen molar-refractivity contribution in [3.05, 3.63) is 34.3 Å². The third-order valence-electron chi connectivity index (χ3n) is 2.83. The molecule has 0 bridgehead atoms. The van der Waals surface area contributed by atoms with E-state index in [0.29, 0.717) is 11.3 Å². The molecule has 1 aromatic rings. The number of aromatic nitrogens is 1. The Labute approximate surface area is 98.1 Å². The van der Waals surface area contributed by atoms with Gasteiger partial charge in [-0.25, -0.2) is 0 Å². The molecule has 1 aliphatic carbocycles. The van der Waals surface area contributed by atoms with Gasteiger partial charge in [-0.3, -0.25) is 9.59 Å². The van der Waals surface area contributed by atoms with E-state index >= 15 is 0 Å². The number of ether oxygens (including phenoxy) is 1.